The Bertz CT molecular complexity index is 757. The molecule has 0 aliphatic rings. The number of nitrogens with zero attached hydrogens (tertiary/aromatic N) is 1. The largest absolute Gasteiger partial charge is 0.504 e. The molecule has 5 heteroatoms. The molecule has 0 heterocycles. The molecule has 0 saturated heterocycles. The molecule has 2 rings (SSSR count). The van der Waals surface area contributed by atoms with Crippen LogP contribution in [0.15, 0.2) is 41.4 Å². The van der Waals surface area contributed by atoms with Gasteiger partial charge in [-0.1, -0.05) is 29.8 Å². The third-order valence-electron chi connectivity index (χ3n) is 4.03. The second-order valence-corrected chi connectivity index (χ2v) is 6.21. The van der Waals surface area contributed by atoms with Gasteiger partial charge in [0.25, 0.3) is 0 Å². The number of nitrogens with one attached hydrogen (secondary N) is 2. The van der Waals surface area contributed by atoms with E-state index in [-0.39, 0.29) is 5.75 Å². The van der Waals surface area contributed by atoms with Gasteiger partial charge in [-0.2, -0.15) is 0 Å². The first-order valence-corrected chi connectivity index (χ1v) is 9.06. The van der Waals surface area contributed by atoms with Crippen LogP contribution in [-0.2, 0) is 13.1 Å². The highest BCUT2D eigenvalue weighted by molar-refractivity contribution is 5.79. The van der Waals surface area contributed by atoms with Crippen molar-refractivity contribution >= 4 is 5.96 Å². The standard InChI is InChI=1S/C21H29N3O2/c1-5-22-21(24-14-18-9-7-15(3)11-16(18)4)23-13-17-8-10-19(25)20(12-17)26-6-2/h7-12,25H,5-6,13-14H2,1-4H3,(H2,22,23,24). The van der Waals surface area contributed by atoms with E-state index in [1.807, 2.05) is 26.0 Å². The van der Waals surface area contributed by atoms with E-state index in [1.165, 1.54) is 16.7 Å². The Labute approximate surface area is 156 Å². The Morgan fingerprint density at radius 2 is 1.88 bits per heavy atom. The fourth-order valence-electron chi connectivity index (χ4n) is 2.66. The maximum atomic E-state index is 9.80. The van der Waals surface area contributed by atoms with Crippen LogP contribution in [0, 0.1) is 13.8 Å². The first-order chi connectivity index (χ1) is 12.5. The smallest absolute Gasteiger partial charge is 0.191 e. The predicted octanol–water partition coefficient (Wildman–Crippen LogP) is 3.66. The zero-order valence-corrected chi connectivity index (χ0v) is 16.1. The van der Waals surface area contributed by atoms with Gasteiger partial charge < -0.3 is 20.5 Å². The zero-order valence-electron chi connectivity index (χ0n) is 16.1. The highest BCUT2D eigenvalue weighted by Crippen LogP contribution is 2.27. The summed E-state index contributed by atoms with van der Waals surface area (Å²) in [6.07, 6.45) is 0. The number of phenolic OH excluding ortho intramolecular Hbond substituents is 1. The lowest BCUT2D eigenvalue weighted by molar-refractivity contribution is 0.318. The van der Waals surface area contributed by atoms with Crippen LogP contribution in [0.3, 0.4) is 0 Å². The number of phenols is 1. The predicted molar refractivity (Wildman–Crippen MR) is 107 cm³/mol. The van der Waals surface area contributed by atoms with Crippen LogP contribution in [0.4, 0.5) is 0 Å². The zero-order chi connectivity index (χ0) is 18.9. The average Bonchev–Trinajstić information content (AvgIpc) is 2.61. The van der Waals surface area contributed by atoms with Gasteiger partial charge in [0.2, 0.25) is 0 Å². The molecule has 3 N–H and O–H groups in total. The lowest BCUT2D eigenvalue weighted by Crippen LogP contribution is -2.36. The number of benzene rings is 2. The quantitative estimate of drug-likeness (QED) is 0.524. The van der Waals surface area contributed by atoms with Crippen LogP contribution >= 0.6 is 0 Å². The van der Waals surface area contributed by atoms with Crippen LogP contribution in [0.5, 0.6) is 11.5 Å². The highest BCUT2D eigenvalue weighted by atomic mass is 16.5. The number of aryl methyl sites for hydroxylation is 2. The van der Waals surface area contributed by atoms with Crippen LogP contribution in [0.25, 0.3) is 0 Å². The summed E-state index contributed by atoms with van der Waals surface area (Å²) in [5.41, 5.74) is 4.77. The van der Waals surface area contributed by atoms with Gasteiger partial charge in [0.15, 0.2) is 17.5 Å². The first-order valence-electron chi connectivity index (χ1n) is 9.06. The Hall–Kier alpha value is -2.69. The van der Waals surface area contributed by atoms with E-state index >= 15 is 0 Å². The summed E-state index contributed by atoms with van der Waals surface area (Å²) >= 11 is 0. The van der Waals surface area contributed by atoms with Gasteiger partial charge in [-0.25, -0.2) is 4.99 Å². The molecule has 0 saturated carbocycles. The summed E-state index contributed by atoms with van der Waals surface area (Å²) in [4.78, 5) is 4.63. The number of guanidine groups is 1. The van der Waals surface area contributed by atoms with Crippen LogP contribution < -0.4 is 15.4 Å². The molecule has 0 spiro atoms. The summed E-state index contributed by atoms with van der Waals surface area (Å²) in [5.74, 6) is 1.41. The molecular formula is C21H29N3O2. The van der Waals surface area contributed by atoms with Gasteiger partial charge in [-0.15, -0.1) is 0 Å². The summed E-state index contributed by atoms with van der Waals surface area (Å²) in [5, 5.41) is 16.4. The van der Waals surface area contributed by atoms with Crippen LogP contribution in [0.2, 0.25) is 0 Å². The molecule has 0 aliphatic heterocycles. The molecule has 0 atom stereocenters. The molecule has 0 amide bonds. The number of aromatic hydroxyl groups is 1. The van der Waals surface area contributed by atoms with Crippen molar-refractivity contribution in [1.29, 1.82) is 0 Å². The van der Waals surface area contributed by atoms with Gasteiger partial charge in [0.1, 0.15) is 0 Å². The number of aliphatic imine (C=N–C) groups is 1. The average molecular weight is 355 g/mol. The van der Waals surface area contributed by atoms with Gasteiger partial charge in [-0.05, 0) is 56.5 Å². The van der Waals surface area contributed by atoms with Crippen LogP contribution in [-0.4, -0.2) is 24.2 Å². The molecule has 2 aromatic carbocycles. The van der Waals surface area contributed by atoms with Crippen molar-refractivity contribution in [2.75, 3.05) is 13.2 Å². The number of rotatable bonds is 7. The minimum Gasteiger partial charge on any atom is -0.504 e. The maximum Gasteiger partial charge on any atom is 0.191 e. The highest BCUT2D eigenvalue weighted by Gasteiger charge is 2.05. The SMILES string of the molecule is CCNC(=NCc1ccc(O)c(OCC)c1)NCc1ccc(C)cc1C. The van der Waals surface area contributed by atoms with Crippen molar-refractivity contribution in [3.63, 3.8) is 0 Å². The maximum absolute atomic E-state index is 9.80. The Balaban J connectivity index is 2.05. The fraction of sp³-hybridized carbons (Fsp3) is 0.381. The monoisotopic (exact) mass is 355 g/mol. The topological polar surface area (TPSA) is 65.9 Å². The van der Waals surface area contributed by atoms with E-state index in [4.69, 9.17) is 4.74 Å². The van der Waals surface area contributed by atoms with Crippen molar-refractivity contribution in [3.05, 3.63) is 58.7 Å². The van der Waals surface area contributed by atoms with E-state index in [0.717, 1.165) is 24.6 Å². The second kappa shape index (κ2) is 9.70. The summed E-state index contributed by atoms with van der Waals surface area (Å²) in [7, 11) is 0. The normalized spacial score (nSPS) is 11.3. The Kier molecular flexibility index (Phi) is 7.33. The number of hydrogen-bond acceptors (Lipinski definition) is 3. The number of ether oxygens (including phenoxy) is 1. The van der Waals surface area contributed by atoms with Crippen LogP contribution in [0.1, 0.15) is 36.1 Å². The van der Waals surface area contributed by atoms with E-state index in [1.54, 1.807) is 6.07 Å². The summed E-state index contributed by atoms with van der Waals surface area (Å²) in [6.45, 7) is 10.7. The van der Waals surface area contributed by atoms with E-state index in [2.05, 4.69) is 47.7 Å². The van der Waals surface area contributed by atoms with Gasteiger partial charge >= 0.3 is 0 Å². The first kappa shape index (κ1) is 19.6. The lowest BCUT2D eigenvalue weighted by atomic mass is 10.1. The van der Waals surface area contributed by atoms with Gasteiger partial charge in [0, 0.05) is 13.1 Å². The van der Waals surface area contributed by atoms with E-state index in [9.17, 15) is 5.11 Å². The third-order valence-corrected chi connectivity index (χ3v) is 4.03. The molecule has 0 fully saturated rings. The lowest BCUT2D eigenvalue weighted by Gasteiger charge is -2.13. The minimum absolute atomic E-state index is 0.152. The summed E-state index contributed by atoms with van der Waals surface area (Å²) in [6, 6.07) is 11.8. The van der Waals surface area contributed by atoms with Crippen molar-refractivity contribution in [2.24, 2.45) is 4.99 Å². The molecule has 0 bridgehead atoms. The molecule has 0 aliphatic carbocycles. The Morgan fingerprint density at radius 3 is 2.58 bits per heavy atom. The van der Waals surface area contributed by atoms with Crippen molar-refractivity contribution in [3.8, 4) is 11.5 Å². The van der Waals surface area contributed by atoms with E-state index < -0.39 is 0 Å². The molecular weight excluding hydrogens is 326 g/mol. The molecule has 2 aromatic rings. The fourth-order valence-corrected chi connectivity index (χ4v) is 2.66. The summed E-state index contributed by atoms with van der Waals surface area (Å²) < 4.78 is 5.43. The van der Waals surface area contributed by atoms with Gasteiger partial charge in [0.05, 0.1) is 13.2 Å². The van der Waals surface area contributed by atoms with Crippen molar-refractivity contribution < 1.29 is 9.84 Å². The number of hydrogen-bond donors (Lipinski definition) is 3. The molecule has 0 aromatic heterocycles. The van der Waals surface area contributed by atoms with Crippen molar-refractivity contribution in [2.45, 2.75) is 40.8 Å². The second-order valence-electron chi connectivity index (χ2n) is 6.21. The molecule has 5 nitrogen and oxygen atoms in total. The molecule has 26 heavy (non-hydrogen) atoms. The van der Waals surface area contributed by atoms with E-state index in [0.29, 0.717) is 18.9 Å². The molecule has 0 radical (unpaired) electrons. The minimum atomic E-state index is 0.152. The molecule has 0 unspecified atom stereocenters. The third kappa shape index (κ3) is 5.69. The Morgan fingerprint density at radius 1 is 1.08 bits per heavy atom. The van der Waals surface area contributed by atoms with Gasteiger partial charge in [-0.3, -0.25) is 0 Å². The van der Waals surface area contributed by atoms with Crippen molar-refractivity contribution in [1.82, 2.24) is 10.6 Å². The molecule has 140 valence electrons.